The number of aryl methyl sites for hydroxylation is 1. The molecule has 0 radical (unpaired) electrons. The number of hydrogen-bond acceptors (Lipinski definition) is 4. The summed E-state index contributed by atoms with van der Waals surface area (Å²) in [5, 5.41) is 19.4. The molecular formula is C18H24ClNO3. The molecule has 0 aliphatic rings. The maximum Gasteiger partial charge on any atom is 0.122 e. The monoisotopic (exact) mass is 337 g/mol. The van der Waals surface area contributed by atoms with Gasteiger partial charge in [0, 0.05) is 18.8 Å². The summed E-state index contributed by atoms with van der Waals surface area (Å²) in [5.41, 5.74) is 2.02. The molecule has 2 N–H and O–H groups in total. The van der Waals surface area contributed by atoms with E-state index in [0.717, 1.165) is 17.0 Å². The fourth-order valence-electron chi connectivity index (χ4n) is 2.30. The van der Waals surface area contributed by atoms with Gasteiger partial charge in [-0.1, -0.05) is 36.4 Å². The van der Waals surface area contributed by atoms with Crippen LogP contribution in [0.25, 0.3) is 0 Å². The number of para-hydroxylation sites is 2. The molecule has 23 heavy (non-hydrogen) atoms. The summed E-state index contributed by atoms with van der Waals surface area (Å²) in [4.78, 5) is 1.95. The van der Waals surface area contributed by atoms with Crippen LogP contribution in [0.2, 0.25) is 0 Å². The van der Waals surface area contributed by atoms with Gasteiger partial charge < -0.3 is 19.8 Å². The summed E-state index contributed by atoms with van der Waals surface area (Å²) >= 11 is 0. The van der Waals surface area contributed by atoms with E-state index in [2.05, 4.69) is 0 Å². The van der Waals surface area contributed by atoms with Gasteiger partial charge in [0.15, 0.2) is 0 Å². The van der Waals surface area contributed by atoms with Gasteiger partial charge in [-0.3, -0.25) is 0 Å². The molecule has 1 atom stereocenters. The van der Waals surface area contributed by atoms with Crippen LogP contribution < -0.4 is 9.64 Å². The van der Waals surface area contributed by atoms with Gasteiger partial charge in [-0.05, 0) is 30.7 Å². The van der Waals surface area contributed by atoms with Gasteiger partial charge in [0.05, 0.1) is 6.61 Å². The van der Waals surface area contributed by atoms with Gasteiger partial charge in [0.1, 0.15) is 18.5 Å². The lowest BCUT2D eigenvalue weighted by Gasteiger charge is -2.26. The summed E-state index contributed by atoms with van der Waals surface area (Å²) in [5.74, 6) is 0.787. The predicted molar refractivity (Wildman–Crippen MR) is 95.7 cm³/mol. The van der Waals surface area contributed by atoms with Crippen molar-refractivity contribution in [3.63, 3.8) is 0 Å². The molecule has 5 heteroatoms. The van der Waals surface area contributed by atoms with Gasteiger partial charge in [0.2, 0.25) is 0 Å². The number of anilines is 1. The molecule has 0 bridgehead atoms. The van der Waals surface area contributed by atoms with Crippen LogP contribution in [0.1, 0.15) is 5.56 Å². The van der Waals surface area contributed by atoms with E-state index in [4.69, 9.17) is 4.74 Å². The highest BCUT2D eigenvalue weighted by molar-refractivity contribution is 5.85. The van der Waals surface area contributed by atoms with Gasteiger partial charge >= 0.3 is 0 Å². The first-order valence-corrected chi connectivity index (χ1v) is 7.48. The number of rotatable bonds is 8. The molecule has 2 aromatic rings. The van der Waals surface area contributed by atoms with E-state index < -0.39 is 6.10 Å². The number of ether oxygens (including phenoxy) is 1. The van der Waals surface area contributed by atoms with Crippen molar-refractivity contribution in [2.24, 2.45) is 0 Å². The smallest absolute Gasteiger partial charge is 0.122 e. The van der Waals surface area contributed by atoms with E-state index in [1.165, 1.54) is 0 Å². The Labute approximate surface area is 143 Å². The SMILES string of the molecule is Cc1ccccc1OCC(O)CN(CCO)c1ccccc1.Cl. The molecule has 0 saturated heterocycles. The Bertz CT molecular complexity index is 565. The third-order valence-corrected chi connectivity index (χ3v) is 3.45. The number of nitrogens with zero attached hydrogens (tertiary/aromatic N) is 1. The second-order valence-corrected chi connectivity index (χ2v) is 5.24. The molecule has 1 unspecified atom stereocenters. The van der Waals surface area contributed by atoms with E-state index >= 15 is 0 Å². The van der Waals surface area contributed by atoms with Gasteiger partial charge in [-0.25, -0.2) is 0 Å². The molecule has 0 saturated carbocycles. The van der Waals surface area contributed by atoms with Gasteiger partial charge in [-0.15, -0.1) is 12.4 Å². The van der Waals surface area contributed by atoms with Gasteiger partial charge in [-0.2, -0.15) is 0 Å². The van der Waals surface area contributed by atoms with Crippen molar-refractivity contribution in [2.45, 2.75) is 13.0 Å². The largest absolute Gasteiger partial charge is 0.491 e. The number of hydrogen-bond donors (Lipinski definition) is 2. The number of halogens is 1. The Balaban J connectivity index is 0.00000264. The highest BCUT2D eigenvalue weighted by Gasteiger charge is 2.13. The molecule has 0 aliphatic heterocycles. The second kappa shape index (κ2) is 10.1. The van der Waals surface area contributed by atoms with Crippen molar-refractivity contribution in [1.82, 2.24) is 0 Å². The zero-order valence-electron chi connectivity index (χ0n) is 13.3. The first-order valence-electron chi connectivity index (χ1n) is 7.48. The molecule has 0 fully saturated rings. The lowest BCUT2D eigenvalue weighted by Crippen LogP contribution is -2.37. The first kappa shape index (κ1) is 19.3. The fourth-order valence-corrected chi connectivity index (χ4v) is 2.30. The predicted octanol–water partition coefficient (Wildman–Crippen LogP) is 2.66. The Morgan fingerprint density at radius 2 is 1.70 bits per heavy atom. The van der Waals surface area contributed by atoms with E-state index in [0.29, 0.717) is 13.1 Å². The Morgan fingerprint density at radius 1 is 1.04 bits per heavy atom. The summed E-state index contributed by atoms with van der Waals surface area (Å²) in [6, 6.07) is 17.5. The normalized spacial score (nSPS) is 11.4. The molecule has 0 heterocycles. The van der Waals surface area contributed by atoms with Crippen molar-refractivity contribution >= 4 is 18.1 Å². The lowest BCUT2D eigenvalue weighted by atomic mass is 10.2. The van der Waals surface area contributed by atoms with Crippen LogP contribution in [0.3, 0.4) is 0 Å². The van der Waals surface area contributed by atoms with Crippen molar-refractivity contribution < 1.29 is 14.9 Å². The topological polar surface area (TPSA) is 52.9 Å². The van der Waals surface area contributed by atoms with E-state index in [9.17, 15) is 10.2 Å². The second-order valence-electron chi connectivity index (χ2n) is 5.24. The van der Waals surface area contributed by atoms with Crippen molar-refractivity contribution in [1.29, 1.82) is 0 Å². The Kier molecular flexibility index (Phi) is 8.48. The number of benzene rings is 2. The van der Waals surface area contributed by atoms with Crippen molar-refractivity contribution in [3.05, 3.63) is 60.2 Å². The molecule has 4 nitrogen and oxygen atoms in total. The summed E-state index contributed by atoms with van der Waals surface area (Å²) < 4.78 is 5.67. The molecule has 0 amide bonds. The van der Waals surface area contributed by atoms with E-state index in [1.54, 1.807) is 0 Å². The van der Waals surface area contributed by atoms with Crippen molar-refractivity contribution in [3.8, 4) is 5.75 Å². The maximum absolute atomic E-state index is 10.2. The average molecular weight is 338 g/mol. The van der Waals surface area contributed by atoms with Crippen molar-refractivity contribution in [2.75, 3.05) is 31.2 Å². The standard InChI is InChI=1S/C18H23NO3.ClH/c1-15-7-5-6-10-18(15)22-14-17(21)13-19(11-12-20)16-8-3-2-4-9-16;/h2-10,17,20-21H,11-14H2,1H3;1H. The summed E-state index contributed by atoms with van der Waals surface area (Å²) in [6.07, 6.45) is -0.633. The highest BCUT2D eigenvalue weighted by atomic mass is 35.5. The average Bonchev–Trinajstić information content (AvgIpc) is 2.54. The lowest BCUT2D eigenvalue weighted by molar-refractivity contribution is 0.111. The maximum atomic E-state index is 10.2. The van der Waals surface area contributed by atoms with Crippen LogP contribution in [-0.4, -0.2) is 42.6 Å². The minimum atomic E-state index is -0.633. The molecular weight excluding hydrogens is 314 g/mol. The molecule has 126 valence electrons. The minimum Gasteiger partial charge on any atom is -0.491 e. The third kappa shape index (κ3) is 6.10. The molecule has 2 aromatic carbocycles. The Morgan fingerprint density at radius 3 is 2.35 bits per heavy atom. The van der Waals surface area contributed by atoms with Crippen LogP contribution >= 0.6 is 12.4 Å². The number of aliphatic hydroxyl groups is 2. The quantitative estimate of drug-likeness (QED) is 0.777. The highest BCUT2D eigenvalue weighted by Crippen LogP contribution is 2.17. The van der Waals surface area contributed by atoms with E-state index in [1.807, 2.05) is 66.4 Å². The molecule has 0 spiro atoms. The van der Waals surface area contributed by atoms with Crippen LogP contribution in [0.15, 0.2) is 54.6 Å². The first-order chi connectivity index (χ1) is 10.7. The van der Waals surface area contributed by atoms with Crippen LogP contribution in [0, 0.1) is 6.92 Å². The molecule has 0 aromatic heterocycles. The van der Waals surface area contributed by atoms with Crippen LogP contribution in [-0.2, 0) is 0 Å². The fraction of sp³-hybridized carbons (Fsp3) is 0.333. The summed E-state index contributed by atoms with van der Waals surface area (Å²) in [7, 11) is 0. The van der Waals surface area contributed by atoms with Crippen LogP contribution in [0.5, 0.6) is 5.75 Å². The zero-order chi connectivity index (χ0) is 15.8. The molecule has 2 rings (SSSR count). The van der Waals surface area contributed by atoms with Gasteiger partial charge in [0.25, 0.3) is 0 Å². The minimum absolute atomic E-state index is 0. The zero-order valence-corrected chi connectivity index (χ0v) is 14.1. The third-order valence-electron chi connectivity index (χ3n) is 3.45. The summed E-state index contributed by atoms with van der Waals surface area (Å²) in [6.45, 7) is 3.13. The molecule has 0 aliphatic carbocycles. The Hall–Kier alpha value is -1.75. The number of aliphatic hydroxyl groups excluding tert-OH is 2. The van der Waals surface area contributed by atoms with Crippen LogP contribution in [0.4, 0.5) is 5.69 Å². The van der Waals surface area contributed by atoms with E-state index in [-0.39, 0.29) is 25.6 Å².